The van der Waals surface area contributed by atoms with Crippen LogP contribution in [0.2, 0.25) is 5.02 Å². The van der Waals surface area contributed by atoms with E-state index in [0.717, 1.165) is 23.4 Å². The van der Waals surface area contributed by atoms with E-state index >= 15 is 0 Å². The Morgan fingerprint density at radius 2 is 1.97 bits per heavy atom. The summed E-state index contributed by atoms with van der Waals surface area (Å²) in [7, 11) is 0. The van der Waals surface area contributed by atoms with Crippen LogP contribution in [0.5, 0.6) is 0 Å². The van der Waals surface area contributed by atoms with Gasteiger partial charge in [0.25, 0.3) is 5.91 Å². The van der Waals surface area contributed by atoms with Gasteiger partial charge in [0.05, 0.1) is 16.9 Å². The number of fused-ring (bicyclic) bond motifs is 1. The van der Waals surface area contributed by atoms with Gasteiger partial charge in [0.2, 0.25) is 5.91 Å². The summed E-state index contributed by atoms with van der Waals surface area (Å²) in [6, 6.07) is 14.3. The second kappa shape index (κ2) is 9.10. The Morgan fingerprint density at radius 1 is 1.20 bits per heavy atom. The first-order valence-electron chi connectivity index (χ1n) is 9.94. The quantitative estimate of drug-likeness (QED) is 0.633. The van der Waals surface area contributed by atoms with E-state index in [1.807, 2.05) is 18.2 Å². The number of thioether (sulfide) groups is 1. The lowest BCUT2D eigenvalue weighted by Crippen LogP contribution is -2.47. The first-order valence-corrected chi connectivity index (χ1v) is 11.5. The number of nitrogens with one attached hydrogen (secondary N) is 1. The van der Waals surface area contributed by atoms with Crippen molar-refractivity contribution in [2.24, 2.45) is 0 Å². The molecule has 2 amide bonds. The number of aryl methyl sites for hydroxylation is 1. The predicted molar refractivity (Wildman–Crippen MR) is 121 cm³/mol. The van der Waals surface area contributed by atoms with Crippen molar-refractivity contribution >= 4 is 46.2 Å². The molecule has 1 aromatic heterocycles. The third-order valence-corrected chi connectivity index (χ3v) is 6.50. The highest BCUT2D eigenvalue weighted by Crippen LogP contribution is 2.24. The molecule has 0 bridgehead atoms. The summed E-state index contributed by atoms with van der Waals surface area (Å²) in [6.45, 7) is 3.39. The number of carbonyl (C=O) groups is 2. The average molecular weight is 443 g/mol. The molecule has 0 spiro atoms. The summed E-state index contributed by atoms with van der Waals surface area (Å²) in [5.74, 6) is 1.78. The van der Waals surface area contributed by atoms with Gasteiger partial charge in [0.1, 0.15) is 11.9 Å². The summed E-state index contributed by atoms with van der Waals surface area (Å²) >= 11 is 7.50. The van der Waals surface area contributed by atoms with Crippen molar-refractivity contribution in [2.75, 3.05) is 18.2 Å². The molecule has 30 heavy (non-hydrogen) atoms. The molecule has 1 saturated heterocycles. The second-order valence-electron chi connectivity index (χ2n) is 7.10. The Kier molecular flexibility index (Phi) is 6.29. The minimum absolute atomic E-state index is 0.124. The third kappa shape index (κ3) is 4.18. The van der Waals surface area contributed by atoms with Crippen LogP contribution in [0.15, 0.2) is 48.5 Å². The standard InChI is InChI=1S/C22H23ClN4O2S/c1-2-26-18-6-4-3-5-17(18)25-20(26)11-12-24-21(28)19-13-30-14-27(19)22(29)15-7-9-16(23)10-8-15/h3-10,19H,2,11-14H2,1H3,(H,24,28). The number of hydrogen-bond donors (Lipinski definition) is 1. The van der Waals surface area contributed by atoms with Crippen molar-refractivity contribution in [1.29, 1.82) is 0 Å². The average Bonchev–Trinajstić information content (AvgIpc) is 3.38. The molecule has 6 nitrogen and oxygen atoms in total. The van der Waals surface area contributed by atoms with Crippen LogP contribution >= 0.6 is 23.4 Å². The SMILES string of the molecule is CCn1c(CCNC(=O)C2CSCN2C(=O)c2ccc(Cl)cc2)nc2ccccc21. The third-order valence-electron chi connectivity index (χ3n) is 5.23. The Labute approximate surface area is 184 Å². The molecule has 0 radical (unpaired) electrons. The van der Waals surface area contributed by atoms with Crippen LogP contribution < -0.4 is 5.32 Å². The van der Waals surface area contributed by atoms with Crippen molar-refractivity contribution in [2.45, 2.75) is 25.9 Å². The molecule has 1 unspecified atom stereocenters. The van der Waals surface area contributed by atoms with Gasteiger partial charge in [-0.25, -0.2) is 4.98 Å². The zero-order valence-corrected chi connectivity index (χ0v) is 18.2. The Hall–Kier alpha value is -2.51. The van der Waals surface area contributed by atoms with Crippen molar-refractivity contribution in [3.8, 4) is 0 Å². The van der Waals surface area contributed by atoms with Crippen LogP contribution in [0.25, 0.3) is 11.0 Å². The molecule has 2 aromatic carbocycles. The molecule has 1 N–H and O–H groups in total. The fraction of sp³-hybridized carbons (Fsp3) is 0.318. The van der Waals surface area contributed by atoms with Gasteiger partial charge in [-0.15, -0.1) is 11.8 Å². The van der Waals surface area contributed by atoms with Crippen LogP contribution in [-0.4, -0.2) is 50.5 Å². The summed E-state index contributed by atoms with van der Waals surface area (Å²) in [5.41, 5.74) is 2.61. The monoisotopic (exact) mass is 442 g/mol. The fourth-order valence-electron chi connectivity index (χ4n) is 3.70. The molecule has 0 aliphatic carbocycles. The van der Waals surface area contributed by atoms with Crippen LogP contribution in [0.4, 0.5) is 0 Å². The van der Waals surface area contributed by atoms with Crippen LogP contribution in [0, 0.1) is 0 Å². The van der Waals surface area contributed by atoms with Crippen LogP contribution in [0.1, 0.15) is 23.1 Å². The van der Waals surface area contributed by atoms with E-state index in [1.165, 1.54) is 0 Å². The number of amides is 2. The fourth-order valence-corrected chi connectivity index (χ4v) is 4.98. The Balaban J connectivity index is 1.39. The molecule has 3 aromatic rings. The van der Waals surface area contributed by atoms with Gasteiger partial charge >= 0.3 is 0 Å². The zero-order chi connectivity index (χ0) is 21.1. The van der Waals surface area contributed by atoms with E-state index in [1.54, 1.807) is 40.9 Å². The number of nitrogens with zero attached hydrogens (tertiary/aromatic N) is 3. The molecular formula is C22H23ClN4O2S. The second-order valence-corrected chi connectivity index (χ2v) is 8.54. The number of para-hydroxylation sites is 2. The summed E-state index contributed by atoms with van der Waals surface area (Å²) in [4.78, 5) is 32.0. The van der Waals surface area contributed by atoms with Crippen LogP contribution in [0.3, 0.4) is 0 Å². The molecule has 1 fully saturated rings. The van der Waals surface area contributed by atoms with Gasteiger partial charge in [-0.1, -0.05) is 23.7 Å². The number of halogens is 1. The molecule has 8 heteroatoms. The van der Waals surface area contributed by atoms with E-state index in [2.05, 4.69) is 22.9 Å². The summed E-state index contributed by atoms with van der Waals surface area (Å²) in [6.07, 6.45) is 0.638. The lowest BCUT2D eigenvalue weighted by molar-refractivity contribution is -0.124. The first-order chi connectivity index (χ1) is 14.6. The van der Waals surface area contributed by atoms with Crippen LogP contribution in [-0.2, 0) is 17.8 Å². The van der Waals surface area contributed by atoms with Gasteiger partial charge in [-0.2, -0.15) is 0 Å². The van der Waals surface area contributed by atoms with Gasteiger partial charge in [-0.3, -0.25) is 9.59 Å². The molecule has 2 heterocycles. The maximum absolute atomic E-state index is 12.8. The number of hydrogen-bond acceptors (Lipinski definition) is 4. The lowest BCUT2D eigenvalue weighted by Gasteiger charge is -2.23. The summed E-state index contributed by atoms with van der Waals surface area (Å²) in [5, 5.41) is 3.57. The van der Waals surface area contributed by atoms with Crippen molar-refractivity contribution in [3.63, 3.8) is 0 Å². The van der Waals surface area contributed by atoms with Gasteiger partial charge in [-0.05, 0) is 43.3 Å². The number of imidazole rings is 1. The van der Waals surface area contributed by atoms with E-state index < -0.39 is 6.04 Å². The molecular weight excluding hydrogens is 420 g/mol. The molecule has 4 rings (SSSR count). The van der Waals surface area contributed by atoms with Crippen molar-refractivity contribution < 1.29 is 9.59 Å². The highest BCUT2D eigenvalue weighted by Gasteiger charge is 2.34. The molecule has 156 valence electrons. The van der Waals surface area contributed by atoms with Gasteiger partial charge in [0, 0.05) is 35.8 Å². The van der Waals surface area contributed by atoms with Gasteiger partial charge in [0.15, 0.2) is 0 Å². The molecule has 1 aliphatic heterocycles. The van der Waals surface area contributed by atoms with Gasteiger partial charge < -0.3 is 14.8 Å². The van der Waals surface area contributed by atoms with E-state index in [-0.39, 0.29) is 11.8 Å². The topological polar surface area (TPSA) is 67.2 Å². The number of rotatable bonds is 6. The molecule has 1 aliphatic rings. The highest BCUT2D eigenvalue weighted by molar-refractivity contribution is 7.99. The Bertz CT molecular complexity index is 1070. The highest BCUT2D eigenvalue weighted by atomic mass is 35.5. The first kappa shape index (κ1) is 20.8. The smallest absolute Gasteiger partial charge is 0.255 e. The van der Waals surface area contributed by atoms with Crippen molar-refractivity contribution in [1.82, 2.24) is 19.8 Å². The maximum Gasteiger partial charge on any atom is 0.255 e. The van der Waals surface area contributed by atoms with Crippen molar-refractivity contribution in [3.05, 3.63) is 64.9 Å². The summed E-state index contributed by atoms with van der Waals surface area (Å²) < 4.78 is 2.17. The Morgan fingerprint density at radius 3 is 2.73 bits per heavy atom. The van der Waals surface area contributed by atoms with E-state index in [9.17, 15) is 9.59 Å². The zero-order valence-electron chi connectivity index (χ0n) is 16.7. The molecule has 0 saturated carbocycles. The minimum atomic E-state index is -0.469. The number of carbonyl (C=O) groups excluding carboxylic acids is 2. The van der Waals surface area contributed by atoms with E-state index in [0.29, 0.717) is 35.2 Å². The number of benzene rings is 2. The number of aromatic nitrogens is 2. The largest absolute Gasteiger partial charge is 0.354 e. The minimum Gasteiger partial charge on any atom is -0.354 e. The maximum atomic E-state index is 12.8. The predicted octanol–water partition coefficient (Wildman–Crippen LogP) is 3.58. The molecule has 1 atom stereocenters. The normalized spacial score (nSPS) is 16.2. The van der Waals surface area contributed by atoms with E-state index in [4.69, 9.17) is 16.6 Å². The lowest BCUT2D eigenvalue weighted by atomic mass is 10.1.